The van der Waals surface area contributed by atoms with Gasteiger partial charge in [-0.1, -0.05) is 73.7 Å². The van der Waals surface area contributed by atoms with E-state index >= 15 is 0 Å². The van der Waals surface area contributed by atoms with E-state index in [2.05, 4.69) is 160 Å². The summed E-state index contributed by atoms with van der Waals surface area (Å²) in [5.41, 5.74) is 7.39. The van der Waals surface area contributed by atoms with Crippen LogP contribution in [-0.4, -0.2) is 4.57 Å². The van der Waals surface area contributed by atoms with Gasteiger partial charge in [0.05, 0.1) is 16.4 Å². The zero-order chi connectivity index (χ0) is 25.5. The van der Waals surface area contributed by atoms with Gasteiger partial charge in [0.2, 0.25) is 11.4 Å². The lowest BCUT2D eigenvalue weighted by molar-refractivity contribution is -0.595. The molecule has 0 radical (unpaired) electrons. The van der Waals surface area contributed by atoms with Crippen LogP contribution in [0.3, 0.4) is 0 Å². The molecule has 0 aliphatic rings. The number of rotatable bonds is 4. The van der Waals surface area contributed by atoms with Crippen LogP contribution in [0.1, 0.15) is 12.5 Å². The van der Waals surface area contributed by atoms with E-state index < -0.39 is 7.66 Å². The smallest absolute Gasteiger partial charge is 0.309 e. The Kier molecular flexibility index (Phi) is 5.65. The van der Waals surface area contributed by atoms with E-state index in [1.165, 1.54) is 49.5 Å². The first-order valence-corrected chi connectivity index (χ1v) is 14.4. The van der Waals surface area contributed by atoms with E-state index in [1.54, 1.807) is 0 Å². The first-order chi connectivity index (χ1) is 18.8. The number of para-hydroxylation sites is 3. The molecule has 7 rings (SSSR count). The Morgan fingerprint density at radius 1 is 0.553 bits per heavy atom. The third kappa shape index (κ3) is 3.67. The molecule has 1 unspecified atom stereocenters. The van der Waals surface area contributed by atoms with E-state index in [1.807, 2.05) is 0 Å². The second-order valence-corrected chi connectivity index (χ2v) is 11.4. The molecular weight excluding hydrogens is 481 g/mol. The van der Waals surface area contributed by atoms with Crippen LogP contribution in [0, 0.1) is 0 Å². The van der Waals surface area contributed by atoms with E-state index in [0.717, 1.165) is 6.42 Å². The van der Waals surface area contributed by atoms with Crippen LogP contribution in [0.2, 0.25) is 0 Å². The van der Waals surface area contributed by atoms with Crippen molar-refractivity contribution < 1.29 is 8.66 Å². The molecule has 1 atom stereocenters. The Labute approximate surface area is 223 Å². The standard InChI is InChI=1S/C34H28N3P/c1-2-31-26-14-12-22-32(31)37(30-20-10-5-11-21-30)33-23-13-15-27-25-36(29-18-8-4-9-19-29)38(34(27)33)35(24-26)28-16-6-3-7-17-28/h3-25H,2H2,1H3/q+2. The Balaban J connectivity index is 1.83. The molecule has 2 aromatic heterocycles. The number of nitrogens with zero attached hydrogens (tertiary/aromatic N) is 3. The lowest BCUT2D eigenvalue weighted by Crippen LogP contribution is -2.36. The highest BCUT2D eigenvalue weighted by molar-refractivity contribution is 7.38. The number of benzene rings is 5. The lowest BCUT2D eigenvalue weighted by Gasteiger charge is -2.13. The summed E-state index contributed by atoms with van der Waals surface area (Å²) in [5, 5.41) is 3.88. The maximum atomic E-state index is 2.51. The molecule has 0 saturated carbocycles. The highest BCUT2D eigenvalue weighted by atomic mass is 31.1. The van der Waals surface area contributed by atoms with Crippen molar-refractivity contribution in [1.29, 1.82) is 0 Å². The van der Waals surface area contributed by atoms with Crippen molar-refractivity contribution in [2.45, 2.75) is 13.3 Å². The van der Waals surface area contributed by atoms with Crippen LogP contribution in [0.15, 0.2) is 140 Å². The molecule has 3 nitrogen and oxygen atoms in total. The first-order valence-electron chi connectivity index (χ1n) is 13.1. The molecule has 2 bridgehead atoms. The van der Waals surface area contributed by atoms with Crippen LogP contribution < -0.4 is 8.66 Å². The molecule has 7 aromatic rings. The van der Waals surface area contributed by atoms with Gasteiger partial charge < -0.3 is 4.57 Å². The van der Waals surface area contributed by atoms with Crippen LogP contribution in [0.5, 0.6) is 0 Å². The molecule has 0 aliphatic carbocycles. The second kappa shape index (κ2) is 9.45. The fourth-order valence-corrected chi connectivity index (χ4v) is 8.12. The van der Waals surface area contributed by atoms with Crippen LogP contribution in [0.25, 0.3) is 44.0 Å². The fourth-order valence-electron chi connectivity index (χ4n) is 5.57. The van der Waals surface area contributed by atoms with Gasteiger partial charge in [-0.2, -0.15) is 0 Å². The minimum atomic E-state index is -0.979. The Bertz CT molecular complexity index is 1940. The van der Waals surface area contributed by atoms with Gasteiger partial charge in [-0.05, 0) is 48.4 Å². The zero-order valence-corrected chi connectivity index (χ0v) is 22.2. The number of fused-ring (bicyclic) bond motifs is 2. The van der Waals surface area contributed by atoms with Gasteiger partial charge in [0.15, 0.2) is 17.5 Å². The molecule has 5 aromatic carbocycles. The highest BCUT2D eigenvalue weighted by Gasteiger charge is 2.30. The van der Waals surface area contributed by atoms with E-state index in [-0.39, 0.29) is 0 Å². The number of hydrogen-bond acceptors (Lipinski definition) is 0. The van der Waals surface area contributed by atoms with E-state index in [0.29, 0.717) is 0 Å². The third-order valence-electron chi connectivity index (χ3n) is 7.26. The predicted molar refractivity (Wildman–Crippen MR) is 158 cm³/mol. The second-order valence-electron chi connectivity index (χ2n) is 9.49. The number of aryl methyl sites for hydroxylation is 1. The topological polar surface area (TPSA) is 12.7 Å². The van der Waals surface area contributed by atoms with Crippen LogP contribution >= 0.6 is 7.66 Å². The molecule has 0 N–H and O–H groups in total. The molecule has 38 heavy (non-hydrogen) atoms. The third-order valence-corrected chi connectivity index (χ3v) is 9.65. The number of hydrogen-bond donors (Lipinski definition) is 0. The summed E-state index contributed by atoms with van der Waals surface area (Å²) in [6.45, 7) is 2.26. The zero-order valence-electron chi connectivity index (χ0n) is 21.3. The van der Waals surface area contributed by atoms with Gasteiger partial charge >= 0.3 is 7.66 Å². The quantitative estimate of drug-likeness (QED) is 0.229. The first kappa shape index (κ1) is 22.7. The summed E-state index contributed by atoms with van der Waals surface area (Å²) in [5.74, 6) is 0. The molecule has 2 heterocycles. The molecule has 0 fully saturated rings. The fraction of sp³-hybridized carbons (Fsp3) is 0.0588. The Hall–Kier alpha value is -4.46. The summed E-state index contributed by atoms with van der Waals surface area (Å²) in [7, 11) is -0.979. The van der Waals surface area contributed by atoms with Crippen LogP contribution in [-0.2, 0) is 6.42 Å². The molecular formula is C34H28N3P+2. The van der Waals surface area contributed by atoms with Gasteiger partial charge in [0.1, 0.15) is 0 Å². The summed E-state index contributed by atoms with van der Waals surface area (Å²) in [6, 6.07) is 45.9. The van der Waals surface area contributed by atoms with Crippen molar-refractivity contribution in [1.82, 2.24) is 4.57 Å². The van der Waals surface area contributed by atoms with E-state index in [4.69, 9.17) is 0 Å². The van der Waals surface area contributed by atoms with Crippen molar-refractivity contribution in [2.24, 2.45) is 0 Å². The van der Waals surface area contributed by atoms with Crippen LogP contribution in [0.4, 0.5) is 0 Å². The van der Waals surface area contributed by atoms with Crippen molar-refractivity contribution in [2.75, 3.05) is 0 Å². The summed E-state index contributed by atoms with van der Waals surface area (Å²) >= 11 is 0. The normalized spacial score (nSPS) is 11.9. The van der Waals surface area contributed by atoms with Crippen molar-refractivity contribution in [3.63, 3.8) is 0 Å². The molecule has 4 heteroatoms. The van der Waals surface area contributed by atoms with Gasteiger partial charge in [-0.3, -0.25) is 0 Å². The SMILES string of the molecule is CCc1c2cccc1n(-c1ccccc1)c1cccc3c[n+](-c4ccccc4)p(c31)[n+](-c1ccccc1)c2. The lowest BCUT2D eigenvalue weighted by atomic mass is 10.1. The Morgan fingerprint density at radius 2 is 1.08 bits per heavy atom. The number of aromatic nitrogens is 3. The molecule has 0 spiro atoms. The molecule has 0 saturated heterocycles. The van der Waals surface area contributed by atoms with Crippen molar-refractivity contribution in [3.05, 3.63) is 145 Å². The molecule has 182 valence electrons. The Morgan fingerprint density at radius 3 is 1.68 bits per heavy atom. The maximum absolute atomic E-state index is 2.51. The van der Waals surface area contributed by atoms with Crippen molar-refractivity contribution in [3.8, 4) is 17.1 Å². The molecule has 0 amide bonds. The molecule has 0 aliphatic heterocycles. The summed E-state index contributed by atoms with van der Waals surface area (Å²) in [6.07, 6.45) is 5.66. The van der Waals surface area contributed by atoms with Gasteiger partial charge in [0.25, 0.3) is 0 Å². The van der Waals surface area contributed by atoms with Gasteiger partial charge in [-0.25, -0.2) is 0 Å². The average Bonchev–Trinajstić information content (AvgIpc) is 3.38. The predicted octanol–water partition coefficient (Wildman–Crippen LogP) is 7.90. The van der Waals surface area contributed by atoms with E-state index in [9.17, 15) is 0 Å². The largest absolute Gasteiger partial charge is 0.450 e. The van der Waals surface area contributed by atoms with Gasteiger partial charge in [-0.15, -0.1) is 8.66 Å². The maximum Gasteiger partial charge on any atom is 0.450 e. The van der Waals surface area contributed by atoms with Crippen molar-refractivity contribution >= 4 is 34.6 Å². The highest BCUT2D eigenvalue weighted by Crippen LogP contribution is 2.36. The summed E-state index contributed by atoms with van der Waals surface area (Å²) < 4.78 is 7.47. The minimum absolute atomic E-state index is 0.940. The minimum Gasteiger partial charge on any atom is -0.309 e. The monoisotopic (exact) mass is 509 g/mol. The average molecular weight is 510 g/mol. The summed E-state index contributed by atoms with van der Waals surface area (Å²) in [4.78, 5) is 0. The van der Waals surface area contributed by atoms with Gasteiger partial charge in [0, 0.05) is 35.3 Å².